The highest BCUT2D eigenvalue weighted by Gasteiger charge is 2.46. The van der Waals surface area contributed by atoms with Crippen LogP contribution in [0.25, 0.3) is 0 Å². The fraction of sp³-hybridized carbons (Fsp3) is 0.833. The van der Waals surface area contributed by atoms with E-state index in [1.165, 1.54) is 12.8 Å². The molecule has 7 nitrogen and oxygen atoms in total. The van der Waals surface area contributed by atoms with Crippen LogP contribution in [0.1, 0.15) is 43.8 Å². The summed E-state index contributed by atoms with van der Waals surface area (Å²) in [6.45, 7) is 4.95. The first-order chi connectivity index (χ1) is 12.1. The van der Waals surface area contributed by atoms with Gasteiger partial charge in [-0.15, -0.1) is 10.2 Å². The summed E-state index contributed by atoms with van der Waals surface area (Å²) in [5, 5.41) is 11.7. The van der Waals surface area contributed by atoms with E-state index < -0.39 is 0 Å². The van der Waals surface area contributed by atoms with Crippen LogP contribution in [-0.4, -0.2) is 76.3 Å². The fourth-order valence-electron chi connectivity index (χ4n) is 5.10. The number of carbonyl (C=O) groups is 1. The number of carbonyl (C=O) groups excluding carboxylic acids is 1. The normalized spacial score (nSPS) is 27.9. The van der Waals surface area contributed by atoms with E-state index >= 15 is 0 Å². The van der Waals surface area contributed by atoms with Crippen molar-refractivity contribution < 1.29 is 4.79 Å². The molecular formula is C18H30N6O. The Morgan fingerprint density at radius 2 is 1.96 bits per heavy atom. The van der Waals surface area contributed by atoms with Crippen molar-refractivity contribution in [1.29, 1.82) is 0 Å². The molecule has 0 unspecified atom stereocenters. The maximum Gasteiger partial charge on any atom is 0.239 e. The minimum absolute atomic E-state index is 0.0736. The van der Waals surface area contributed by atoms with E-state index in [0.717, 1.165) is 57.8 Å². The zero-order valence-electron chi connectivity index (χ0n) is 15.4. The Balaban J connectivity index is 1.37. The molecule has 1 aromatic rings. The molecule has 1 atom stereocenters. The second-order valence-electron chi connectivity index (χ2n) is 8.28. The predicted octanol–water partition coefficient (Wildman–Crippen LogP) is 0.595. The van der Waals surface area contributed by atoms with E-state index in [1.54, 1.807) is 6.33 Å². The van der Waals surface area contributed by atoms with Crippen LogP contribution in [0.15, 0.2) is 6.33 Å². The number of hydrogen-bond donors (Lipinski definition) is 1. The molecule has 1 aromatic heterocycles. The van der Waals surface area contributed by atoms with E-state index in [0.29, 0.717) is 17.2 Å². The average Bonchev–Trinajstić information content (AvgIpc) is 3.18. The minimum Gasteiger partial charge on any atom is -0.341 e. The van der Waals surface area contributed by atoms with Crippen molar-refractivity contribution >= 4 is 5.91 Å². The Bertz CT molecular complexity index is 615. The van der Waals surface area contributed by atoms with Crippen LogP contribution in [-0.2, 0) is 11.8 Å². The van der Waals surface area contributed by atoms with Gasteiger partial charge < -0.3 is 14.8 Å². The lowest BCUT2D eigenvalue weighted by Crippen LogP contribution is -2.47. The Labute approximate surface area is 149 Å². The standard InChI is InChI=1S/C18H30N6O/c1-22-12-18(5-7-19-8-6-18)11-15(22)17(25)24-9-3-14(4-10-24)16-21-20-13-23(16)2/h13-15,19H,3-12H2,1-2H3/t15-/m1/s1. The molecular weight excluding hydrogens is 316 g/mol. The maximum absolute atomic E-state index is 13.1. The van der Waals surface area contributed by atoms with Crippen molar-refractivity contribution in [2.75, 3.05) is 39.8 Å². The van der Waals surface area contributed by atoms with E-state index in [9.17, 15) is 4.79 Å². The lowest BCUT2D eigenvalue weighted by Gasteiger charge is -2.35. The molecule has 3 aliphatic rings. The SMILES string of the molecule is CN1CC2(CCNCC2)C[C@@H]1C(=O)N1CCC(c2nncn2C)CC1. The van der Waals surface area contributed by atoms with Crippen molar-refractivity contribution in [3.05, 3.63) is 12.2 Å². The average molecular weight is 346 g/mol. The minimum atomic E-state index is 0.0736. The van der Waals surface area contributed by atoms with Crippen LogP contribution in [0, 0.1) is 5.41 Å². The third-order valence-corrected chi connectivity index (χ3v) is 6.61. The summed E-state index contributed by atoms with van der Waals surface area (Å²) < 4.78 is 2.01. The first-order valence-corrected chi connectivity index (χ1v) is 9.62. The summed E-state index contributed by atoms with van der Waals surface area (Å²) in [5.41, 5.74) is 0.358. The molecule has 4 heterocycles. The number of piperidine rings is 2. The van der Waals surface area contributed by atoms with Crippen LogP contribution in [0.5, 0.6) is 0 Å². The first-order valence-electron chi connectivity index (χ1n) is 9.62. The monoisotopic (exact) mass is 346 g/mol. The van der Waals surface area contributed by atoms with Gasteiger partial charge in [-0.3, -0.25) is 9.69 Å². The molecule has 1 amide bonds. The van der Waals surface area contributed by atoms with Gasteiger partial charge in [0.2, 0.25) is 5.91 Å². The smallest absolute Gasteiger partial charge is 0.239 e. The molecule has 0 bridgehead atoms. The van der Waals surface area contributed by atoms with Gasteiger partial charge in [0, 0.05) is 32.6 Å². The quantitative estimate of drug-likeness (QED) is 0.849. The van der Waals surface area contributed by atoms with Gasteiger partial charge in [0.1, 0.15) is 12.2 Å². The number of amides is 1. The van der Waals surface area contributed by atoms with Gasteiger partial charge in [-0.1, -0.05) is 0 Å². The molecule has 1 spiro atoms. The zero-order valence-corrected chi connectivity index (χ0v) is 15.4. The fourth-order valence-corrected chi connectivity index (χ4v) is 5.10. The second kappa shape index (κ2) is 6.68. The number of hydrogen-bond acceptors (Lipinski definition) is 5. The summed E-state index contributed by atoms with van der Waals surface area (Å²) in [6, 6.07) is 0.0736. The molecule has 1 N–H and O–H groups in total. The lowest BCUT2D eigenvalue weighted by atomic mass is 9.77. The van der Waals surface area contributed by atoms with Gasteiger partial charge >= 0.3 is 0 Å². The van der Waals surface area contributed by atoms with Crippen molar-refractivity contribution in [2.24, 2.45) is 12.5 Å². The molecule has 25 heavy (non-hydrogen) atoms. The lowest BCUT2D eigenvalue weighted by molar-refractivity contribution is -0.136. The van der Waals surface area contributed by atoms with Crippen molar-refractivity contribution in [2.45, 2.75) is 44.1 Å². The van der Waals surface area contributed by atoms with E-state index in [4.69, 9.17) is 0 Å². The topological polar surface area (TPSA) is 66.3 Å². The molecule has 3 saturated heterocycles. The van der Waals surface area contributed by atoms with Gasteiger partial charge in [0.15, 0.2) is 0 Å². The van der Waals surface area contributed by atoms with Gasteiger partial charge in [0.05, 0.1) is 6.04 Å². The van der Waals surface area contributed by atoms with Crippen LogP contribution in [0.2, 0.25) is 0 Å². The Morgan fingerprint density at radius 3 is 2.60 bits per heavy atom. The molecule has 0 aliphatic carbocycles. The molecule has 7 heteroatoms. The van der Waals surface area contributed by atoms with Crippen LogP contribution < -0.4 is 5.32 Å². The summed E-state index contributed by atoms with van der Waals surface area (Å²) in [7, 11) is 4.13. The largest absolute Gasteiger partial charge is 0.341 e. The second-order valence-corrected chi connectivity index (χ2v) is 8.28. The number of aryl methyl sites for hydroxylation is 1. The molecule has 138 valence electrons. The van der Waals surface area contributed by atoms with E-state index in [2.05, 4.69) is 32.4 Å². The Hall–Kier alpha value is -1.47. The van der Waals surface area contributed by atoms with E-state index in [1.807, 2.05) is 11.6 Å². The number of likely N-dealkylation sites (tertiary alicyclic amines) is 2. The number of aromatic nitrogens is 3. The predicted molar refractivity (Wildman–Crippen MR) is 95.1 cm³/mol. The maximum atomic E-state index is 13.1. The molecule has 0 radical (unpaired) electrons. The molecule has 0 saturated carbocycles. The Kier molecular flexibility index (Phi) is 4.54. The summed E-state index contributed by atoms with van der Waals surface area (Å²) in [4.78, 5) is 17.5. The van der Waals surface area contributed by atoms with Gasteiger partial charge in [-0.25, -0.2) is 0 Å². The highest BCUT2D eigenvalue weighted by Crippen LogP contribution is 2.42. The highest BCUT2D eigenvalue weighted by atomic mass is 16.2. The van der Waals surface area contributed by atoms with Crippen molar-refractivity contribution in [1.82, 2.24) is 29.9 Å². The van der Waals surface area contributed by atoms with Gasteiger partial charge in [-0.05, 0) is 57.7 Å². The summed E-state index contributed by atoms with van der Waals surface area (Å²) >= 11 is 0. The number of rotatable bonds is 2. The van der Waals surface area contributed by atoms with Crippen LogP contribution in [0.4, 0.5) is 0 Å². The Morgan fingerprint density at radius 1 is 1.24 bits per heavy atom. The third-order valence-electron chi connectivity index (χ3n) is 6.61. The van der Waals surface area contributed by atoms with Crippen LogP contribution in [0.3, 0.4) is 0 Å². The molecule has 4 rings (SSSR count). The summed E-state index contributed by atoms with van der Waals surface area (Å²) in [6.07, 6.45) is 7.18. The van der Waals surface area contributed by atoms with Crippen molar-refractivity contribution in [3.63, 3.8) is 0 Å². The first kappa shape index (κ1) is 17.0. The van der Waals surface area contributed by atoms with Crippen LogP contribution >= 0.6 is 0 Å². The zero-order chi connectivity index (χ0) is 17.4. The van der Waals surface area contributed by atoms with Gasteiger partial charge in [0.25, 0.3) is 0 Å². The molecule has 3 fully saturated rings. The highest BCUT2D eigenvalue weighted by molar-refractivity contribution is 5.82. The number of likely N-dealkylation sites (N-methyl/N-ethyl adjacent to an activating group) is 1. The van der Waals surface area contributed by atoms with E-state index in [-0.39, 0.29) is 6.04 Å². The number of nitrogens with one attached hydrogen (secondary N) is 1. The molecule has 0 aromatic carbocycles. The van der Waals surface area contributed by atoms with Crippen molar-refractivity contribution in [3.8, 4) is 0 Å². The molecule has 3 aliphatic heterocycles. The number of nitrogens with zero attached hydrogens (tertiary/aromatic N) is 5. The third kappa shape index (κ3) is 3.19. The summed E-state index contributed by atoms with van der Waals surface area (Å²) in [5.74, 6) is 1.82. The van der Waals surface area contributed by atoms with Gasteiger partial charge in [-0.2, -0.15) is 0 Å².